The van der Waals surface area contributed by atoms with Gasteiger partial charge in [0.2, 0.25) is 5.78 Å². The van der Waals surface area contributed by atoms with E-state index in [0.29, 0.717) is 0 Å². The highest BCUT2D eigenvalue weighted by Gasteiger charge is 2.63. The first kappa shape index (κ1) is 17.8. The highest BCUT2D eigenvalue weighted by atomic mass is 79.9. The summed E-state index contributed by atoms with van der Waals surface area (Å²) in [5, 5.41) is 0. The summed E-state index contributed by atoms with van der Waals surface area (Å²) in [5.74, 6) is -7.57. The summed E-state index contributed by atoms with van der Waals surface area (Å²) >= 11 is 2.94. The van der Waals surface area contributed by atoms with E-state index in [1.165, 1.54) is 7.11 Å². The molecule has 0 amide bonds. The van der Waals surface area contributed by atoms with Gasteiger partial charge < -0.3 is 9.47 Å². The van der Waals surface area contributed by atoms with Crippen LogP contribution in [0.1, 0.15) is 10.4 Å². The number of halogens is 6. The van der Waals surface area contributed by atoms with E-state index >= 15 is 0 Å². The van der Waals surface area contributed by atoms with E-state index in [2.05, 4.69) is 15.9 Å². The van der Waals surface area contributed by atoms with Gasteiger partial charge in [0.25, 0.3) is 0 Å². The number of ether oxygens (including phenoxy) is 2. The van der Waals surface area contributed by atoms with Crippen molar-refractivity contribution < 1.29 is 36.2 Å². The van der Waals surface area contributed by atoms with E-state index in [9.17, 15) is 26.7 Å². The minimum atomic E-state index is -5.94. The molecule has 21 heavy (non-hydrogen) atoms. The molecule has 1 rings (SSSR count). The van der Waals surface area contributed by atoms with Crippen LogP contribution >= 0.6 is 15.9 Å². The van der Waals surface area contributed by atoms with Crippen molar-refractivity contribution in [3.8, 4) is 5.75 Å². The van der Waals surface area contributed by atoms with Gasteiger partial charge in [0.05, 0.1) is 11.1 Å². The number of methoxy groups -OCH3 is 1. The lowest BCUT2D eigenvalue weighted by Crippen LogP contribution is -2.44. The monoisotopic (exact) mass is 376 g/mol. The van der Waals surface area contributed by atoms with Crippen LogP contribution in [0.25, 0.3) is 0 Å². The summed E-state index contributed by atoms with van der Waals surface area (Å²) in [5.41, 5.74) is -0.775. The highest BCUT2D eigenvalue weighted by Crippen LogP contribution is 2.39. The van der Waals surface area contributed by atoms with E-state index in [1.54, 1.807) is 0 Å². The number of benzene rings is 1. The van der Waals surface area contributed by atoms with Crippen molar-refractivity contribution in [2.45, 2.75) is 12.1 Å². The first-order valence-electron chi connectivity index (χ1n) is 5.52. The summed E-state index contributed by atoms with van der Waals surface area (Å²) in [6.45, 7) is 0.417. The topological polar surface area (TPSA) is 35.5 Å². The predicted molar refractivity (Wildman–Crippen MR) is 66.8 cm³/mol. The molecule has 3 nitrogen and oxygen atoms in total. The molecule has 0 fully saturated rings. The number of carbonyl (C=O) groups is 1. The molecule has 0 radical (unpaired) electrons. The summed E-state index contributed by atoms with van der Waals surface area (Å²) in [6, 6.07) is 2.82. The molecular formula is C12H10BrF5O3. The molecule has 9 heteroatoms. The average molecular weight is 377 g/mol. The minimum Gasteiger partial charge on any atom is -0.490 e. The van der Waals surface area contributed by atoms with Crippen LogP contribution in [0, 0.1) is 0 Å². The molecule has 0 saturated heterocycles. The lowest BCUT2D eigenvalue weighted by molar-refractivity contribution is -0.255. The normalized spacial score (nSPS) is 12.3. The van der Waals surface area contributed by atoms with Crippen molar-refractivity contribution in [2.24, 2.45) is 0 Å². The fraction of sp³-hybridized carbons (Fsp3) is 0.417. The van der Waals surface area contributed by atoms with E-state index in [1.807, 2.05) is 0 Å². The van der Waals surface area contributed by atoms with Gasteiger partial charge in [0.15, 0.2) is 0 Å². The van der Waals surface area contributed by atoms with Gasteiger partial charge in [-0.25, -0.2) is 0 Å². The molecule has 0 N–H and O–H groups in total. The van der Waals surface area contributed by atoms with Crippen LogP contribution in [0.2, 0.25) is 0 Å². The number of rotatable bonds is 6. The molecule has 0 aromatic heterocycles. The Morgan fingerprint density at radius 1 is 1.19 bits per heavy atom. The maximum absolute atomic E-state index is 13.0. The molecule has 0 spiro atoms. The summed E-state index contributed by atoms with van der Waals surface area (Å²) < 4.78 is 72.3. The van der Waals surface area contributed by atoms with Gasteiger partial charge in [-0.2, -0.15) is 22.0 Å². The third-order valence-electron chi connectivity index (χ3n) is 2.38. The van der Waals surface area contributed by atoms with Gasteiger partial charge in [-0.05, 0) is 34.1 Å². The second-order valence-electron chi connectivity index (χ2n) is 3.89. The van der Waals surface area contributed by atoms with Gasteiger partial charge >= 0.3 is 12.1 Å². The van der Waals surface area contributed by atoms with E-state index in [-0.39, 0.29) is 23.4 Å². The Kier molecular flexibility index (Phi) is 5.68. The Morgan fingerprint density at radius 2 is 1.81 bits per heavy atom. The number of hydrogen-bond acceptors (Lipinski definition) is 3. The van der Waals surface area contributed by atoms with Crippen molar-refractivity contribution in [2.75, 3.05) is 20.3 Å². The van der Waals surface area contributed by atoms with Crippen molar-refractivity contribution in [1.82, 2.24) is 0 Å². The predicted octanol–water partition coefficient (Wildman–Crippen LogP) is 3.85. The van der Waals surface area contributed by atoms with Gasteiger partial charge in [0.1, 0.15) is 12.4 Å². The molecule has 0 aliphatic heterocycles. The zero-order chi connectivity index (χ0) is 16.3. The second kappa shape index (κ2) is 6.69. The molecule has 0 unspecified atom stereocenters. The van der Waals surface area contributed by atoms with Gasteiger partial charge in [-0.3, -0.25) is 4.79 Å². The van der Waals surface area contributed by atoms with Crippen LogP contribution in [-0.4, -0.2) is 38.2 Å². The summed E-state index contributed by atoms with van der Waals surface area (Å²) in [7, 11) is 1.44. The third kappa shape index (κ3) is 4.13. The standard InChI is InChI=1S/C12H10BrF5O3/c1-20-4-5-21-9-3-2-7(6-8(9)13)10(19)11(14,15)12(16,17)18/h2-3,6H,4-5H2,1H3. The maximum atomic E-state index is 13.0. The number of ketones is 1. The average Bonchev–Trinajstić information content (AvgIpc) is 2.38. The molecule has 1 aromatic carbocycles. The van der Waals surface area contributed by atoms with Crippen LogP contribution in [0.3, 0.4) is 0 Å². The van der Waals surface area contributed by atoms with E-state index < -0.39 is 23.4 Å². The lowest BCUT2D eigenvalue weighted by atomic mass is 10.1. The molecule has 1 aromatic rings. The molecule has 118 valence electrons. The summed E-state index contributed by atoms with van der Waals surface area (Å²) in [6.07, 6.45) is -5.94. The number of alkyl halides is 5. The molecule has 0 aliphatic rings. The van der Waals surface area contributed by atoms with Gasteiger partial charge in [-0.15, -0.1) is 0 Å². The number of carbonyl (C=O) groups excluding carboxylic acids is 1. The van der Waals surface area contributed by atoms with Crippen molar-refractivity contribution >= 4 is 21.7 Å². The zero-order valence-corrected chi connectivity index (χ0v) is 12.2. The Balaban J connectivity index is 2.96. The lowest BCUT2D eigenvalue weighted by Gasteiger charge is -2.18. The second-order valence-corrected chi connectivity index (χ2v) is 4.74. The highest BCUT2D eigenvalue weighted by molar-refractivity contribution is 9.10. The smallest absolute Gasteiger partial charge is 0.461 e. The molecule has 0 heterocycles. The first-order valence-corrected chi connectivity index (χ1v) is 6.31. The molecular weight excluding hydrogens is 367 g/mol. The van der Waals surface area contributed by atoms with Crippen LogP contribution in [-0.2, 0) is 4.74 Å². The van der Waals surface area contributed by atoms with Crippen LogP contribution in [0.15, 0.2) is 22.7 Å². The largest absolute Gasteiger partial charge is 0.490 e. The molecule has 0 aliphatic carbocycles. The molecule has 0 atom stereocenters. The van der Waals surface area contributed by atoms with E-state index in [0.717, 1.165) is 18.2 Å². The number of hydrogen-bond donors (Lipinski definition) is 0. The Labute approximate surface area is 125 Å². The van der Waals surface area contributed by atoms with Crippen LogP contribution in [0.4, 0.5) is 22.0 Å². The molecule has 0 bridgehead atoms. The fourth-order valence-corrected chi connectivity index (χ4v) is 1.80. The van der Waals surface area contributed by atoms with Crippen LogP contribution in [0.5, 0.6) is 5.75 Å². The zero-order valence-electron chi connectivity index (χ0n) is 10.6. The maximum Gasteiger partial charge on any atom is 0.461 e. The molecule has 0 saturated carbocycles. The van der Waals surface area contributed by atoms with Gasteiger partial charge in [-0.1, -0.05) is 0 Å². The van der Waals surface area contributed by atoms with Crippen molar-refractivity contribution in [3.05, 3.63) is 28.2 Å². The minimum absolute atomic E-state index is 0.0856. The Bertz CT molecular complexity index is 516. The van der Waals surface area contributed by atoms with Gasteiger partial charge in [0, 0.05) is 12.7 Å². The quantitative estimate of drug-likeness (QED) is 0.429. The Hall–Kier alpha value is -1.22. The Morgan fingerprint density at radius 3 is 2.29 bits per heavy atom. The summed E-state index contributed by atoms with van der Waals surface area (Å²) in [4.78, 5) is 11.3. The van der Waals surface area contributed by atoms with Crippen molar-refractivity contribution in [3.63, 3.8) is 0 Å². The van der Waals surface area contributed by atoms with Crippen molar-refractivity contribution in [1.29, 1.82) is 0 Å². The third-order valence-corrected chi connectivity index (χ3v) is 3.00. The number of Topliss-reactive ketones (excluding diaryl/α,β-unsaturated/α-hetero) is 1. The fourth-order valence-electron chi connectivity index (χ4n) is 1.30. The first-order chi connectivity index (χ1) is 9.61. The van der Waals surface area contributed by atoms with E-state index in [4.69, 9.17) is 9.47 Å². The SMILES string of the molecule is COCCOc1ccc(C(=O)C(F)(F)C(F)(F)F)cc1Br. The van der Waals surface area contributed by atoms with Crippen LogP contribution < -0.4 is 4.74 Å².